The fraction of sp³-hybridized carbons (Fsp3) is 0. The Balaban J connectivity index is 2.18. The van der Waals surface area contributed by atoms with Gasteiger partial charge in [-0.25, -0.2) is 9.78 Å². The van der Waals surface area contributed by atoms with E-state index in [9.17, 15) is 9.59 Å². The number of nitrogens with one attached hydrogen (secondary N) is 1. The van der Waals surface area contributed by atoms with Gasteiger partial charge in [0, 0.05) is 15.6 Å². The molecule has 0 aliphatic carbocycles. The van der Waals surface area contributed by atoms with Crippen molar-refractivity contribution in [2.75, 3.05) is 5.32 Å². The van der Waals surface area contributed by atoms with Gasteiger partial charge in [-0.3, -0.25) is 10.1 Å². The Hall–Kier alpha value is -1.63. The second kappa shape index (κ2) is 5.56. The maximum absolute atomic E-state index is 11.9. The SMILES string of the molecule is O=C(Nc1ncc(C(=O)O)s1)c1cc(Cl)cc(Cl)c1. The molecule has 0 fully saturated rings. The summed E-state index contributed by atoms with van der Waals surface area (Å²) in [5, 5.41) is 12.1. The predicted molar refractivity (Wildman–Crippen MR) is 73.5 cm³/mol. The lowest BCUT2D eigenvalue weighted by Gasteiger charge is -2.02. The Labute approximate surface area is 121 Å². The monoisotopic (exact) mass is 316 g/mol. The number of hydrogen-bond acceptors (Lipinski definition) is 4. The summed E-state index contributed by atoms with van der Waals surface area (Å²) in [4.78, 5) is 26.4. The highest BCUT2D eigenvalue weighted by Crippen LogP contribution is 2.22. The molecule has 1 heterocycles. The van der Waals surface area contributed by atoms with Crippen LogP contribution in [-0.4, -0.2) is 22.0 Å². The van der Waals surface area contributed by atoms with E-state index in [2.05, 4.69) is 10.3 Å². The number of carboxylic acid groups (broad SMARTS) is 1. The van der Waals surface area contributed by atoms with E-state index >= 15 is 0 Å². The van der Waals surface area contributed by atoms with Gasteiger partial charge in [0.15, 0.2) is 5.13 Å². The van der Waals surface area contributed by atoms with Crippen molar-refractivity contribution in [2.45, 2.75) is 0 Å². The first kappa shape index (κ1) is 13.8. The first-order valence-corrected chi connectivity index (χ1v) is 6.49. The largest absolute Gasteiger partial charge is 0.477 e. The highest BCUT2D eigenvalue weighted by molar-refractivity contribution is 7.17. The number of halogens is 2. The summed E-state index contributed by atoms with van der Waals surface area (Å²) in [6.45, 7) is 0. The maximum Gasteiger partial charge on any atom is 0.347 e. The maximum atomic E-state index is 11.9. The lowest BCUT2D eigenvalue weighted by atomic mass is 10.2. The van der Waals surface area contributed by atoms with Crippen molar-refractivity contribution >= 4 is 51.5 Å². The fourth-order valence-corrected chi connectivity index (χ4v) is 2.46. The number of carbonyl (C=O) groups excluding carboxylic acids is 1. The average molecular weight is 317 g/mol. The van der Waals surface area contributed by atoms with Crippen molar-refractivity contribution in [3.05, 3.63) is 44.9 Å². The van der Waals surface area contributed by atoms with Crippen molar-refractivity contribution in [3.8, 4) is 0 Å². The molecule has 0 spiro atoms. The van der Waals surface area contributed by atoms with Crippen molar-refractivity contribution in [2.24, 2.45) is 0 Å². The Kier molecular flexibility index (Phi) is 4.04. The third-order valence-electron chi connectivity index (χ3n) is 2.06. The van der Waals surface area contributed by atoms with Gasteiger partial charge in [-0.15, -0.1) is 0 Å². The molecule has 1 aromatic heterocycles. The highest BCUT2D eigenvalue weighted by atomic mass is 35.5. The van der Waals surface area contributed by atoms with E-state index in [0.717, 1.165) is 11.3 Å². The van der Waals surface area contributed by atoms with Gasteiger partial charge in [-0.05, 0) is 18.2 Å². The zero-order valence-electron chi connectivity index (χ0n) is 9.18. The van der Waals surface area contributed by atoms with Gasteiger partial charge in [0.2, 0.25) is 0 Å². The molecule has 1 aromatic carbocycles. The second-order valence-corrected chi connectivity index (χ2v) is 5.35. The molecule has 8 heteroatoms. The standard InChI is InChI=1S/C11H6Cl2N2O3S/c12-6-1-5(2-7(13)3-6)9(16)15-11-14-4-8(19-11)10(17)18/h1-4H,(H,17,18)(H,14,15,16). The van der Waals surface area contributed by atoms with Crippen LogP contribution in [0.3, 0.4) is 0 Å². The molecule has 0 unspecified atom stereocenters. The van der Waals surface area contributed by atoms with E-state index < -0.39 is 11.9 Å². The van der Waals surface area contributed by atoms with Crippen molar-refractivity contribution in [1.29, 1.82) is 0 Å². The number of anilines is 1. The van der Waals surface area contributed by atoms with Gasteiger partial charge < -0.3 is 5.11 Å². The third-order valence-corrected chi connectivity index (χ3v) is 3.40. The molecule has 0 saturated carbocycles. The molecule has 2 N–H and O–H groups in total. The molecule has 0 aliphatic rings. The Bertz CT molecular complexity index is 637. The van der Waals surface area contributed by atoms with Crippen LogP contribution in [-0.2, 0) is 0 Å². The molecule has 0 aliphatic heterocycles. The molecule has 0 bridgehead atoms. The quantitative estimate of drug-likeness (QED) is 0.909. The number of thiazole rings is 1. The lowest BCUT2D eigenvalue weighted by Crippen LogP contribution is -2.11. The minimum atomic E-state index is -1.09. The first-order chi connectivity index (χ1) is 8.95. The molecule has 5 nitrogen and oxygen atoms in total. The van der Waals surface area contributed by atoms with Gasteiger partial charge >= 0.3 is 5.97 Å². The third kappa shape index (κ3) is 3.44. The van der Waals surface area contributed by atoms with Gasteiger partial charge in [-0.2, -0.15) is 0 Å². The molecule has 0 radical (unpaired) electrons. The zero-order chi connectivity index (χ0) is 14.0. The van der Waals surface area contributed by atoms with Gasteiger partial charge in [0.25, 0.3) is 5.91 Å². The molecular formula is C11H6Cl2N2O3S. The van der Waals surface area contributed by atoms with Gasteiger partial charge in [0.05, 0.1) is 6.20 Å². The number of nitrogens with zero attached hydrogens (tertiary/aromatic N) is 1. The van der Waals surface area contributed by atoms with Crippen LogP contribution in [0.5, 0.6) is 0 Å². The Morgan fingerprint density at radius 1 is 1.21 bits per heavy atom. The summed E-state index contributed by atoms with van der Waals surface area (Å²) >= 11 is 12.4. The van der Waals surface area contributed by atoms with Crippen molar-refractivity contribution < 1.29 is 14.7 Å². The molecule has 0 atom stereocenters. The number of carboxylic acids is 1. The highest BCUT2D eigenvalue weighted by Gasteiger charge is 2.13. The van der Waals surface area contributed by atoms with Crippen LogP contribution in [0.25, 0.3) is 0 Å². The minimum Gasteiger partial charge on any atom is -0.477 e. The number of amides is 1. The van der Waals surface area contributed by atoms with Crippen molar-refractivity contribution in [1.82, 2.24) is 4.98 Å². The van der Waals surface area contributed by atoms with Crippen LogP contribution in [0, 0.1) is 0 Å². The van der Waals surface area contributed by atoms with Gasteiger partial charge in [-0.1, -0.05) is 34.5 Å². The van der Waals surface area contributed by atoms with E-state index in [1.54, 1.807) is 0 Å². The van der Waals surface area contributed by atoms with E-state index in [1.165, 1.54) is 24.4 Å². The van der Waals surface area contributed by atoms with Crippen LogP contribution in [0.15, 0.2) is 24.4 Å². The summed E-state index contributed by atoms with van der Waals surface area (Å²) in [7, 11) is 0. The summed E-state index contributed by atoms with van der Waals surface area (Å²) in [5.41, 5.74) is 0.268. The lowest BCUT2D eigenvalue weighted by molar-refractivity contribution is 0.0701. The topological polar surface area (TPSA) is 79.3 Å². The average Bonchev–Trinajstić information content (AvgIpc) is 2.76. The van der Waals surface area contributed by atoms with E-state index in [1.807, 2.05) is 0 Å². The van der Waals surface area contributed by atoms with Crippen molar-refractivity contribution in [3.63, 3.8) is 0 Å². The number of carbonyl (C=O) groups is 2. The smallest absolute Gasteiger partial charge is 0.347 e. The fourth-order valence-electron chi connectivity index (χ4n) is 1.28. The summed E-state index contributed by atoms with van der Waals surface area (Å²) in [6, 6.07) is 4.41. The number of aromatic nitrogens is 1. The number of benzene rings is 1. The molecule has 19 heavy (non-hydrogen) atoms. The first-order valence-electron chi connectivity index (χ1n) is 4.92. The summed E-state index contributed by atoms with van der Waals surface area (Å²) in [6.07, 6.45) is 1.17. The summed E-state index contributed by atoms with van der Waals surface area (Å²) < 4.78 is 0. The molecule has 1 amide bonds. The van der Waals surface area contributed by atoms with E-state index in [0.29, 0.717) is 10.0 Å². The van der Waals surface area contributed by atoms with Crippen LogP contribution < -0.4 is 5.32 Å². The van der Waals surface area contributed by atoms with E-state index in [4.69, 9.17) is 28.3 Å². The number of aromatic carboxylic acids is 1. The zero-order valence-corrected chi connectivity index (χ0v) is 11.5. The normalized spacial score (nSPS) is 10.2. The number of hydrogen-bond donors (Lipinski definition) is 2. The Morgan fingerprint density at radius 3 is 2.37 bits per heavy atom. The summed E-state index contributed by atoms with van der Waals surface area (Å²) in [5.74, 6) is -1.56. The molecule has 0 saturated heterocycles. The molecule has 98 valence electrons. The Morgan fingerprint density at radius 2 is 1.84 bits per heavy atom. The van der Waals surface area contributed by atoms with E-state index in [-0.39, 0.29) is 15.6 Å². The van der Waals surface area contributed by atoms with Crippen LogP contribution in [0.2, 0.25) is 10.0 Å². The van der Waals surface area contributed by atoms with Crippen LogP contribution in [0.1, 0.15) is 20.0 Å². The van der Waals surface area contributed by atoms with Gasteiger partial charge in [0.1, 0.15) is 4.88 Å². The molecule has 2 rings (SSSR count). The molecule has 2 aromatic rings. The molecular weight excluding hydrogens is 311 g/mol. The van der Waals surface area contributed by atoms with Crippen LogP contribution in [0.4, 0.5) is 5.13 Å². The van der Waals surface area contributed by atoms with Crippen LogP contribution >= 0.6 is 34.5 Å². The number of rotatable bonds is 3. The second-order valence-electron chi connectivity index (χ2n) is 3.45. The minimum absolute atomic E-state index is 0.0411. The predicted octanol–water partition coefficient (Wildman–Crippen LogP) is 3.40.